The molecule has 0 spiro atoms. The quantitative estimate of drug-likeness (QED) is 0.211. The number of carbonyl (C=O) groups excluding carboxylic acids is 3. The van der Waals surface area contributed by atoms with E-state index in [0.717, 1.165) is 12.7 Å². The van der Waals surface area contributed by atoms with Crippen molar-refractivity contribution < 1.29 is 33.3 Å². The summed E-state index contributed by atoms with van der Waals surface area (Å²) >= 11 is 4.79. The van der Waals surface area contributed by atoms with Crippen LogP contribution in [0.3, 0.4) is 0 Å². The summed E-state index contributed by atoms with van der Waals surface area (Å²) in [7, 11) is 2.52. The second kappa shape index (κ2) is 11.6. The Morgan fingerprint density at radius 1 is 0.757 bits per heavy atom. The van der Waals surface area contributed by atoms with Gasteiger partial charge in [-0.3, -0.25) is 0 Å². The van der Waals surface area contributed by atoms with Gasteiger partial charge < -0.3 is 18.9 Å². The zero-order chi connectivity index (χ0) is 28.1. The maximum absolute atomic E-state index is 13.7. The predicted octanol–water partition coefficient (Wildman–Crippen LogP) is 5.74. The van der Waals surface area contributed by atoms with E-state index in [1.807, 2.05) is 30.3 Å². The third-order valence-electron chi connectivity index (χ3n) is 5.39. The third kappa shape index (κ3) is 6.84. The van der Waals surface area contributed by atoms with Crippen molar-refractivity contribution in [2.45, 2.75) is 69.6 Å². The van der Waals surface area contributed by atoms with Crippen LogP contribution in [0.2, 0.25) is 0 Å². The first-order valence-corrected chi connectivity index (χ1v) is 12.3. The van der Waals surface area contributed by atoms with Crippen LogP contribution in [-0.4, -0.2) is 53.3 Å². The lowest BCUT2D eigenvalue weighted by Crippen LogP contribution is -2.69. The Labute approximate surface area is 224 Å². The van der Waals surface area contributed by atoms with E-state index in [1.54, 1.807) is 71.9 Å². The summed E-state index contributed by atoms with van der Waals surface area (Å²) in [4.78, 5) is 39.3. The lowest BCUT2D eigenvalue weighted by atomic mass is 9.79. The van der Waals surface area contributed by atoms with E-state index in [-0.39, 0.29) is 6.42 Å². The highest BCUT2D eigenvalue weighted by atomic mass is 32.1. The number of hydrogen-bond acceptors (Lipinski definition) is 8. The fraction of sp³-hybridized carbons (Fsp3) is 0.464. The monoisotopic (exact) mass is 531 g/mol. The molecular weight excluding hydrogens is 494 g/mol. The molecule has 0 heterocycles. The van der Waals surface area contributed by atoms with Crippen LogP contribution in [0.1, 0.15) is 52.7 Å². The molecule has 2 rings (SSSR count). The molecular formula is C28H37NO7S. The van der Waals surface area contributed by atoms with Crippen LogP contribution >= 0.6 is 12.6 Å². The molecule has 0 fully saturated rings. The SMILES string of the molecule is COC(=O)C(S)(N(C(=O)OC(C)(C)C)C(=O)OC(C)(C)C)C(Cc1ccccc1)(OC)c1ccccc1. The molecule has 2 atom stereocenters. The lowest BCUT2D eigenvalue weighted by Gasteiger charge is -2.49. The number of benzene rings is 2. The number of thiol groups is 1. The number of amides is 2. The molecule has 8 nitrogen and oxygen atoms in total. The van der Waals surface area contributed by atoms with E-state index in [0.29, 0.717) is 10.5 Å². The van der Waals surface area contributed by atoms with E-state index in [4.69, 9.17) is 31.6 Å². The summed E-state index contributed by atoms with van der Waals surface area (Å²) in [5.41, 5.74) is -2.53. The van der Waals surface area contributed by atoms with E-state index in [9.17, 15) is 14.4 Å². The lowest BCUT2D eigenvalue weighted by molar-refractivity contribution is -0.168. The van der Waals surface area contributed by atoms with Gasteiger partial charge in [0.1, 0.15) is 16.8 Å². The first kappa shape index (κ1) is 30.2. The zero-order valence-corrected chi connectivity index (χ0v) is 23.6. The maximum atomic E-state index is 13.7. The summed E-state index contributed by atoms with van der Waals surface area (Å²) in [6, 6.07) is 18.0. The summed E-state index contributed by atoms with van der Waals surface area (Å²) in [5.74, 6) is -1.02. The second-order valence-corrected chi connectivity index (χ2v) is 11.2. The topological polar surface area (TPSA) is 91.4 Å². The molecule has 37 heavy (non-hydrogen) atoms. The summed E-state index contributed by atoms with van der Waals surface area (Å²) < 4.78 is 22.4. The van der Waals surface area contributed by atoms with Gasteiger partial charge in [0, 0.05) is 13.5 Å². The molecule has 0 saturated carbocycles. The van der Waals surface area contributed by atoms with Gasteiger partial charge in [-0.2, -0.15) is 4.90 Å². The van der Waals surface area contributed by atoms with Crippen molar-refractivity contribution in [3.8, 4) is 0 Å². The van der Waals surface area contributed by atoms with Gasteiger partial charge in [0.2, 0.25) is 4.87 Å². The molecule has 9 heteroatoms. The smallest absolute Gasteiger partial charge is 0.421 e. The highest BCUT2D eigenvalue weighted by Gasteiger charge is 2.65. The van der Waals surface area contributed by atoms with Crippen LogP contribution in [0, 0.1) is 0 Å². The third-order valence-corrected chi connectivity index (χ3v) is 6.14. The van der Waals surface area contributed by atoms with Gasteiger partial charge >= 0.3 is 18.2 Å². The molecule has 2 amide bonds. The van der Waals surface area contributed by atoms with Gasteiger partial charge in [-0.05, 0) is 52.7 Å². The van der Waals surface area contributed by atoms with E-state index >= 15 is 0 Å². The van der Waals surface area contributed by atoms with Crippen LogP contribution in [0.25, 0.3) is 0 Å². The van der Waals surface area contributed by atoms with Crippen LogP contribution in [0.4, 0.5) is 9.59 Å². The van der Waals surface area contributed by atoms with Crippen LogP contribution in [0.5, 0.6) is 0 Å². The largest absolute Gasteiger partial charge is 0.467 e. The average Bonchev–Trinajstić information content (AvgIpc) is 2.80. The molecule has 0 N–H and O–H groups in total. The molecule has 2 aromatic rings. The molecule has 202 valence electrons. The van der Waals surface area contributed by atoms with Crippen molar-refractivity contribution in [2.75, 3.05) is 14.2 Å². The number of nitrogens with zero attached hydrogens (tertiary/aromatic N) is 1. The molecule has 0 saturated heterocycles. The van der Waals surface area contributed by atoms with Gasteiger partial charge in [0.25, 0.3) is 0 Å². The summed E-state index contributed by atoms with van der Waals surface area (Å²) in [5, 5.41) is 0. The van der Waals surface area contributed by atoms with Crippen LogP contribution < -0.4 is 0 Å². The molecule has 0 bridgehead atoms. The summed E-state index contributed by atoms with van der Waals surface area (Å²) in [6.45, 7) is 9.84. The molecule has 0 aromatic heterocycles. The minimum Gasteiger partial charge on any atom is -0.467 e. The summed E-state index contributed by atoms with van der Waals surface area (Å²) in [6.07, 6.45) is -2.25. The predicted molar refractivity (Wildman–Crippen MR) is 143 cm³/mol. The maximum Gasteiger partial charge on any atom is 0.421 e. The fourth-order valence-corrected chi connectivity index (χ4v) is 4.44. The highest BCUT2D eigenvalue weighted by molar-refractivity contribution is 7.82. The normalized spacial score (nSPS) is 15.1. The number of esters is 1. The Balaban J connectivity index is 2.95. The Kier molecular flexibility index (Phi) is 9.43. The first-order valence-electron chi connectivity index (χ1n) is 11.8. The van der Waals surface area contributed by atoms with E-state index in [2.05, 4.69) is 0 Å². The first-order chi connectivity index (χ1) is 17.1. The molecule has 0 aliphatic rings. The number of methoxy groups -OCH3 is 2. The number of ether oxygens (including phenoxy) is 4. The molecule has 0 aliphatic carbocycles. The van der Waals surface area contributed by atoms with Crippen molar-refractivity contribution in [2.24, 2.45) is 0 Å². The number of carbonyl (C=O) groups is 3. The standard InChI is InChI=1S/C28H37NO7S/c1-25(2,3)35-23(31)29(24(32)36-26(4,5)6)28(37,22(30)33-7)27(34-8,21-17-13-10-14-18-21)19-20-15-11-9-12-16-20/h9-18,37H,19H2,1-8H3. The van der Waals surface area contributed by atoms with Crippen molar-refractivity contribution in [1.29, 1.82) is 0 Å². The zero-order valence-electron chi connectivity index (χ0n) is 22.7. The number of rotatable bonds is 7. The van der Waals surface area contributed by atoms with E-state index < -0.39 is 39.8 Å². The van der Waals surface area contributed by atoms with Gasteiger partial charge in [0.15, 0.2) is 0 Å². The van der Waals surface area contributed by atoms with Crippen molar-refractivity contribution in [3.05, 3.63) is 71.8 Å². The number of hydrogen-bond donors (Lipinski definition) is 1. The van der Waals surface area contributed by atoms with Crippen molar-refractivity contribution in [3.63, 3.8) is 0 Å². The molecule has 0 aliphatic heterocycles. The second-order valence-electron chi connectivity index (χ2n) is 10.5. The fourth-order valence-electron chi connectivity index (χ4n) is 3.88. The van der Waals surface area contributed by atoms with Gasteiger partial charge in [-0.25, -0.2) is 14.4 Å². The average molecular weight is 532 g/mol. The Morgan fingerprint density at radius 2 is 1.19 bits per heavy atom. The van der Waals surface area contributed by atoms with Crippen molar-refractivity contribution >= 4 is 30.8 Å². The van der Waals surface area contributed by atoms with Crippen LogP contribution in [0.15, 0.2) is 60.7 Å². The van der Waals surface area contributed by atoms with Gasteiger partial charge in [-0.15, -0.1) is 12.6 Å². The minimum absolute atomic E-state index is 0.0368. The Bertz CT molecular complexity index is 1050. The van der Waals surface area contributed by atoms with Gasteiger partial charge in [0.05, 0.1) is 7.11 Å². The van der Waals surface area contributed by atoms with Crippen molar-refractivity contribution in [1.82, 2.24) is 4.90 Å². The van der Waals surface area contributed by atoms with Gasteiger partial charge in [-0.1, -0.05) is 60.7 Å². The number of imide groups is 1. The molecule has 2 aromatic carbocycles. The molecule has 0 radical (unpaired) electrons. The molecule has 2 unspecified atom stereocenters. The highest BCUT2D eigenvalue weighted by Crippen LogP contribution is 2.47. The Morgan fingerprint density at radius 3 is 1.57 bits per heavy atom. The Hall–Kier alpha value is -3.04. The van der Waals surface area contributed by atoms with Crippen LogP contribution in [-0.2, 0) is 35.8 Å². The minimum atomic E-state index is -2.38. The van der Waals surface area contributed by atoms with E-state index in [1.165, 1.54) is 7.11 Å².